The van der Waals surface area contributed by atoms with E-state index in [0.29, 0.717) is 6.92 Å². The summed E-state index contributed by atoms with van der Waals surface area (Å²) in [7, 11) is 0. The fourth-order valence-electron chi connectivity index (χ4n) is 1.74. The van der Waals surface area contributed by atoms with Crippen molar-refractivity contribution < 1.29 is 32.7 Å². The predicted molar refractivity (Wildman–Crippen MR) is 52.3 cm³/mol. The van der Waals surface area contributed by atoms with Crippen LogP contribution in [0.4, 0.5) is 13.2 Å². The zero-order valence-corrected chi connectivity index (χ0v) is 9.96. The molecule has 1 fully saturated rings. The number of alkyl halides is 3. The molecule has 1 heterocycles. The van der Waals surface area contributed by atoms with Gasteiger partial charge in [-0.25, -0.2) is 4.79 Å². The van der Waals surface area contributed by atoms with E-state index in [0.717, 1.165) is 0 Å². The Morgan fingerprint density at radius 1 is 1.33 bits per heavy atom. The monoisotopic (exact) mass is 267 g/mol. The molecule has 0 radical (unpaired) electrons. The zero-order valence-electron chi connectivity index (χ0n) is 9.96. The van der Waals surface area contributed by atoms with Crippen LogP contribution in [0.2, 0.25) is 0 Å². The Balaban J connectivity index is 3.39. The molecule has 1 aliphatic rings. The first-order valence-corrected chi connectivity index (χ1v) is 5.03. The van der Waals surface area contributed by atoms with Crippen LogP contribution in [-0.2, 0) is 14.4 Å². The van der Waals surface area contributed by atoms with Gasteiger partial charge in [0, 0.05) is 6.42 Å². The number of hydrogen-bond donors (Lipinski definition) is 1. The molecule has 1 N–H and O–H groups in total. The molecular formula is C10H12F3NO4. The number of likely N-dealkylation sites (tertiary alicyclic amines) is 1. The lowest BCUT2D eigenvalue weighted by Crippen LogP contribution is -2.64. The van der Waals surface area contributed by atoms with E-state index in [1.54, 1.807) is 0 Å². The van der Waals surface area contributed by atoms with Gasteiger partial charge in [0.15, 0.2) is 0 Å². The van der Waals surface area contributed by atoms with Crippen molar-refractivity contribution in [2.45, 2.75) is 38.9 Å². The van der Waals surface area contributed by atoms with Crippen LogP contribution < -0.4 is 0 Å². The fraction of sp³-hybridized carbons (Fsp3) is 0.700. The molecular weight excluding hydrogens is 255 g/mol. The maximum absolute atomic E-state index is 12.9. The number of carboxylic acid groups (broad SMARTS) is 1. The highest BCUT2D eigenvalue weighted by Gasteiger charge is 2.67. The lowest BCUT2D eigenvalue weighted by Gasteiger charge is -2.35. The van der Waals surface area contributed by atoms with Gasteiger partial charge in [-0.3, -0.25) is 14.5 Å². The van der Waals surface area contributed by atoms with E-state index in [1.165, 1.54) is 13.8 Å². The van der Waals surface area contributed by atoms with Crippen LogP contribution in [0.5, 0.6) is 0 Å². The van der Waals surface area contributed by atoms with Crippen LogP contribution in [0.15, 0.2) is 0 Å². The highest BCUT2D eigenvalue weighted by molar-refractivity contribution is 6.09. The van der Waals surface area contributed by atoms with Gasteiger partial charge < -0.3 is 5.11 Å². The van der Waals surface area contributed by atoms with E-state index in [4.69, 9.17) is 5.11 Å². The summed E-state index contributed by atoms with van der Waals surface area (Å²) < 4.78 is 38.6. The number of halogens is 3. The molecule has 0 bridgehead atoms. The molecule has 1 aliphatic heterocycles. The zero-order chi connectivity index (χ0) is 14.5. The van der Waals surface area contributed by atoms with Gasteiger partial charge in [-0.05, 0) is 6.92 Å². The number of imide groups is 1. The predicted octanol–water partition coefficient (Wildman–Crippen LogP) is 1.18. The van der Waals surface area contributed by atoms with Gasteiger partial charge in [0.25, 0.3) is 0 Å². The number of hydrogen-bond acceptors (Lipinski definition) is 3. The maximum atomic E-state index is 12.9. The summed E-state index contributed by atoms with van der Waals surface area (Å²) in [6.45, 7) is 2.91. The van der Waals surface area contributed by atoms with Crippen LogP contribution in [0.1, 0.15) is 27.2 Å². The topological polar surface area (TPSA) is 74.7 Å². The molecule has 5 nitrogen and oxygen atoms in total. The first-order chi connectivity index (χ1) is 7.85. The van der Waals surface area contributed by atoms with Gasteiger partial charge in [0.05, 0.1) is 5.41 Å². The minimum Gasteiger partial charge on any atom is -0.479 e. The van der Waals surface area contributed by atoms with Crippen molar-refractivity contribution in [1.82, 2.24) is 4.90 Å². The highest BCUT2D eigenvalue weighted by Crippen LogP contribution is 2.43. The molecule has 18 heavy (non-hydrogen) atoms. The largest absolute Gasteiger partial charge is 0.479 e. The summed E-state index contributed by atoms with van der Waals surface area (Å²) >= 11 is 0. The lowest BCUT2D eigenvalue weighted by molar-refractivity contribution is -0.230. The van der Waals surface area contributed by atoms with E-state index in [2.05, 4.69) is 0 Å². The minimum absolute atomic E-state index is 0.185. The van der Waals surface area contributed by atoms with E-state index < -0.39 is 41.3 Å². The summed E-state index contributed by atoms with van der Waals surface area (Å²) in [6, 6.07) is 0. The first-order valence-electron chi connectivity index (χ1n) is 5.03. The second kappa shape index (κ2) is 3.69. The van der Waals surface area contributed by atoms with Crippen molar-refractivity contribution in [2.75, 3.05) is 0 Å². The SMILES string of the molecule is CC1(C)CC(=O)N(C(C)(C(=O)O)C(F)(F)F)C1=O. The van der Waals surface area contributed by atoms with E-state index in [9.17, 15) is 27.6 Å². The Labute approximate surface area is 101 Å². The molecule has 0 aromatic heterocycles. The Morgan fingerprint density at radius 3 is 2.00 bits per heavy atom. The number of carboxylic acids is 1. The summed E-state index contributed by atoms with van der Waals surface area (Å²) in [5.74, 6) is -4.55. The average Bonchev–Trinajstić information content (AvgIpc) is 2.33. The number of rotatable bonds is 2. The van der Waals surface area contributed by atoms with Crippen molar-refractivity contribution in [1.29, 1.82) is 0 Å². The highest BCUT2D eigenvalue weighted by atomic mass is 19.4. The summed E-state index contributed by atoms with van der Waals surface area (Å²) in [6.07, 6.45) is -5.69. The van der Waals surface area contributed by atoms with E-state index in [-0.39, 0.29) is 4.90 Å². The third kappa shape index (κ3) is 1.75. The first kappa shape index (κ1) is 14.5. The third-order valence-electron chi connectivity index (χ3n) is 3.04. The lowest BCUT2D eigenvalue weighted by atomic mass is 9.91. The van der Waals surface area contributed by atoms with Crippen molar-refractivity contribution in [3.05, 3.63) is 0 Å². The van der Waals surface area contributed by atoms with Crippen LogP contribution in [0.25, 0.3) is 0 Å². The van der Waals surface area contributed by atoms with Crippen LogP contribution in [0, 0.1) is 5.41 Å². The molecule has 8 heteroatoms. The van der Waals surface area contributed by atoms with E-state index >= 15 is 0 Å². The molecule has 1 atom stereocenters. The van der Waals surface area contributed by atoms with Gasteiger partial charge in [0.2, 0.25) is 17.4 Å². The number of amides is 2. The number of aliphatic carboxylic acids is 1. The molecule has 1 rings (SSSR count). The van der Waals surface area contributed by atoms with Crippen LogP contribution >= 0.6 is 0 Å². The molecule has 102 valence electrons. The molecule has 0 aliphatic carbocycles. The number of nitrogens with zero attached hydrogens (tertiary/aromatic N) is 1. The molecule has 0 saturated carbocycles. The molecule has 0 spiro atoms. The molecule has 0 aromatic rings. The number of carbonyl (C=O) groups is 3. The Kier molecular flexibility index (Phi) is 2.97. The van der Waals surface area contributed by atoms with Gasteiger partial charge in [-0.2, -0.15) is 13.2 Å². The third-order valence-corrected chi connectivity index (χ3v) is 3.04. The Morgan fingerprint density at radius 2 is 1.78 bits per heavy atom. The molecule has 0 aromatic carbocycles. The molecule has 1 saturated heterocycles. The maximum Gasteiger partial charge on any atom is 0.422 e. The van der Waals surface area contributed by atoms with Crippen molar-refractivity contribution in [3.8, 4) is 0 Å². The van der Waals surface area contributed by atoms with Crippen molar-refractivity contribution >= 4 is 17.8 Å². The summed E-state index contributed by atoms with van der Waals surface area (Å²) in [5.41, 5.74) is -4.85. The quantitative estimate of drug-likeness (QED) is 0.762. The average molecular weight is 267 g/mol. The fourth-order valence-corrected chi connectivity index (χ4v) is 1.74. The Hall–Kier alpha value is -1.60. The summed E-state index contributed by atoms with van der Waals surface area (Å²) in [5, 5.41) is 8.77. The van der Waals surface area contributed by atoms with Gasteiger partial charge in [-0.1, -0.05) is 13.8 Å². The van der Waals surface area contributed by atoms with Crippen molar-refractivity contribution in [2.24, 2.45) is 5.41 Å². The normalized spacial score (nSPS) is 23.1. The van der Waals surface area contributed by atoms with Gasteiger partial charge >= 0.3 is 12.1 Å². The number of carbonyl (C=O) groups excluding carboxylic acids is 2. The van der Waals surface area contributed by atoms with E-state index in [1.807, 2.05) is 0 Å². The van der Waals surface area contributed by atoms with Crippen LogP contribution in [-0.4, -0.2) is 39.5 Å². The minimum atomic E-state index is -5.25. The summed E-state index contributed by atoms with van der Waals surface area (Å²) in [4.78, 5) is 34.0. The van der Waals surface area contributed by atoms with Gasteiger partial charge in [-0.15, -0.1) is 0 Å². The van der Waals surface area contributed by atoms with Crippen LogP contribution in [0.3, 0.4) is 0 Å². The standard InChI is InChI=1S/C10H12F3NO4/c1-8(2)4-5(15)14(6(8)16)9(3,7(17)18)10(11,12)13/h4H2,1-3H3,(H,17,18). The molecule has 2 amide bonds. The van der Waals surface area contributed by atoms with Crippen molar-refractivity contribution in [3.63, 3.8) is 0 Å². The second-order valence-corrected chi connectivity index (χ2v) is 4.97. The smallest absolute Gasteiger partial charge is 0.422 e. The second-order valence-electron chi connectivity index (χ2n) is 4.97. The van der Waals surface area contributed by atoms with Gasteiger partial charge in [0.1, 0.15) is 0 Å². The molecule has 1 unspecified atom stereocenters. The Bertz CT molecular complexity index is 429.